The smallest absolute Gasteiger partial charge is 0.117 e. The molecule has 0 aliphatic heterocycles. The molecule has 16 heavy (non-hydrogen) atoms. The molecule has 0 amide bonds. The standard InChI is InChI=1S/C12H15ClN2S/c1-8(13)7-9(2)14-12-10-5-3-4-6-11(10)15-16-12/h3-6,8-9,14H,7H2,1-2H3. The highest BCUT2D eigenvalue weighted by Crippen LogP contribution is 2.28. The van der Waals surface area contributed by atoms with Crippen LogP contribution in [0.1, 0.15) is 20.3 Å². The van der Waals surface area contributed by atoms with Crippen LogP contribution < -0.4 is 5.32 Å². The predicted molar refractivity (Wildman–Crippen MR) is 72.6 cm³/mol. The summed E-state index contributed by atoms with van der Waals surface area (Å²) in [5.41, 5.74) is 1.06. The lowest BCUT2D eigenvalue weighted by atomic mass is 10.2. The number of fused-ring (bicyclic) bond motifs is 1. The molecule has 1 aromatic heterocycles. The van der Waals surface area contributed by atoms with Gasteiger partial charge < -0.3 is 5.32 Å². The molecule has 0 saturated carbocycles. The summed E-state index contributed by atoms with van der Waals surface area (Å²) in [6.07, 6.45) is 0.952. The van der Waals surface area contributed by atoms with Gasteiger partial charge in [-0.15, -0.1) is 11.6 Å². The Labute approximate surface area is 105 Å². The molecule has 4 heteroatoms. The number of anilines is 1. The third-order valence-corrected chi connectivity index (χ3v) is 3.43. The topological polar surface area (TPSA) is 24.9 Å². The number of alkyl halides is 1. The molecule has 2 atom stereocenters. The van der Waals surface area contributed by atoms with E-state index < -0.39 is 0 Å². The monoisotopic (exact) mass is 254 g/mol. The van der Waals surface area contributed by atoms with E-state index in [2.05, 4.69) is 22.7 Å². The van der Waals surface area contributed by atoms with E-state index in [9.17, 15) is 0 Å². The van der Waals surface area contributed by atoms with Crippen LogP contribution in [0.3, 0.4) is 0 Å². The fraction of sp³-hybridized carbons (Fsp3) is 0.417. The number of rotatable bonds is 4. The number of hydrogen-bond acceptors (Lipinski definition) is 3. The zero-order valence-corrected chi connectivity index (χ0v) is 11.0. The van der Waals surface area contributed by atoms with Gasteiger partial charge in [0, 0.05) is 16.8 Å². The van der Waals surface area contributed by atoms with Gasteiger partial charge in [-0.05, 0) is 43.9 Å². The van der Waals surface area contributed by atoms with Crippen LogP contribution in [-0.2, 0) is 0 Å². The molecule has 2 rings (SSSR count). The van der Waals surface area contributed by atoms with Crippen LogP contribution >= 0.6 is 23.1 Å². The van der Waals surface area contributed by atoms with Crippen molar-refractivity contribution in [2.24, 2.45) is 0 Å². The average molecular weight is 255 g/mol. The Bertz CT molecular complexity index is 467. The number of hydrogen-bond donors (Lipinski definition) is 1. The van der Waals surface area contributed by atoms with Crippen LogP contribution in [-0.4, -0.2) is 15.8 Å². The van der Waals surface area contributed by atoms with Gasteiger partial charge in [-0.2, -0.15) is 4.37 Å². The van der Waals surface area contributed by atoms with E-state index in [-0.39, 0.29) is 5.38 Å². The molecule has 0 fully saturated rings. The van der Waals surface area contributed by atoms with Gasteiger partial charge in [-0.3, -0.25) is 0 Å². The summed E-state index contributed by atoms with van der Waals surface area (Å²) >= 11 is 7.49. The molecular formula is C12H15ClN2S. The van der Waals surface area contributed by atoms with Gasteiger partial charge in [0.25, 0.3) is 0 Å². The van der Waals surface area contributed by atoms with Crippen molar-refractivity contribution in [2.75, 3.05) is 5.32 Å². The van der Waals surface area contributed by atoms with E-state index in [1.165, 1.54) is 16.9 Å². The molecule has 0 saturated heterocycles. The third kappa shape index (κ3) is 2.66. The van der Waals surface area contributed by atoms with E-state index in [1.807, 2.05) is 25.1 Å². The number of benzene rings is 1. The van der Waals surface area contributed by atoms with Crippen LogP contribution in [0.2, 0.25) is 0 Å². The van der Waals surface area contributed by atoms with E-state index >= 15 is 0 Å². The lowest BCUT2D eigenvalue weighted by Crippen LogP contribution is -2.17. The fourth-order valence-corrected chi connectivity index (χ4v) is 2.90. The highest BCUT2D eigenvalue weighted by atomic mass is 35.5. The molecule has 86 valence electrons. The summed E-state index contributed by atoms with van der Waals surface area (Å²) in [6.45, 7) is 4.16. The average Bonchev–Trinajstić information content (AvgIpc) is 2.61. The molecule has 0 spiro atoms. The third-order valence-electron chi connectivity index (χ3n) is 2.44. The number of halogens is 1. The summed E-state index contributed by atoms with van der Waals surface area (Å²) in [5, 5.41) is 6.00. The Balaban J connectivity index is 2.15. The van der Waals surface area contributed by atoms with E-state index in [0.717, 1.165) is 16.9 Å². The Morgan fingerprint density at radius 1 is 1.38 bits per heavy atom. The van der Waals surface area contributed by atoms with Crippen molar-refractivity contribution in [3.63, 3.8) is 0 Å². The molecule has 1 heterocycles. The first-order valence-electron chi connectivity index (χ1n) is 5.42. The van der Waals surface area contributed by atoms with Gasteiger partial charge in [0.05, 0.1) is 5.52 Å². The maximum Gasteiger partial charge on any atom is 0.117 e. The quantitative estimate of drug-likeness (QED) is 0.831. The van der Waals surface area contributed by atoms with Crippen molar-refractivity contribution in [2.45, 2.75) is 31.7 Å². The Hall–Kier alpha value is -0.800. The lowest BCUT2D eigenvalue weighted by molar-refractivity contribution is 0.699. The van der Waals surface area contributed by atoms with Crippen LogP contribution in [0, 0.1) is 0 Å². The Morgan fingerprint density at radius 2 is 2.12 bits per heavy atom. The molecule has 0 bridgehead atoms. The van der Waals surface area contributed by atoms with Gasteiger partial charge in [0.1, 0.15) is 5.00 Å². The van der Waals surface area contributed by atoms with Gasteiger partial charge in [0.15, 0.2) is 0 Å². The predicted octanol–water partition coefficient (Wildman–Crippen LogP) is 4.11. The van der Waals surface area contributed by atoms with E-state index in [1.54, 1.807) is 0 Å². The molecule has 1 aromatic carbocycles. The Morgan fingerprint density at radius 3 is 2.88 bits per heavy atom. The largest absolute Gasteiger partial charge is 0.373 e. The van der Waals surface area contributed by atoms with Gasteiger partial charge >= 0.3 is 0 Å². The second-order valence-corrected chi connectivity index (χ2v) is 5.61. The summed E-state index contributed by atoms with van der Waals surface area (Å²) in [7, 11) is 0. The molecule has 2 nitrogen and oxygen atoms in total. The minimum Gasteiger partial charge on any atom is -0.373 e. The first kappa shape index (κ1) is 11.7. The van der Waals surface area contributed by atoms with Crippen LogP contribution in [0.4, 0.5) is 5.00 Å². The van der Waals surface area contributed by atoms with E-state index in [0.29, 0.717) is 6.04 Å². The molecule has 0 aliphatic rings. The highest BCUT2D eigenvalue weighted by Gasteiger charge is 2.10. The van der Waals surface area contributed by atoms with Crippen LogP contribution in [0.5, 0.6) is 0 Å². The fourth-order valence-electron chi connectivity index (χ4n) is 1.76. The van der Waals surface area contributed by atoms with Crippen LogP contribution in [0.25, 0.3) is 10.9 Å². The van der Waals surface area contributed by atoms with Crippen molar-refractivity contribution in [3.8, 4) is 0 Å². The lowest BCUT2D eigenvalue weighted by Gasteiger charge is -2.14. The summed E-state index contributed by atoms with van der Waals surface area (Å²) < 4.78 is 4.40. The van der Waals surface area contributed by atoms with Gasteiger partial charge in [0.2, 0.25) is 0 Å². The zero-order chi connectivity index (χ0) is 11.5. The minimum absolute atomic E-state index is 0.196. The first-order valence-corrected chi connectivity index (χ1v) is 6.63. The van der Waals surface area contributed by atoms with Crippen molar-refractivity contribution in [3.05, 3.63) is 24.3 Å². The normalized spacial score (nSPS) is 14.9. The molecule has 1 N–H and O–H groups in total. The molecule has 0 radical (unpaired) electrons. The second kappa shape index (κ2) is 5.02. The van der Waals surface area contributed by atoms with Gasteiger partial charge in [-0.1, -0.05) is 12.1 Å². The number of nitrogens with zero attached hydrogens (tertiary/aromatic N) is 1. The molecule has 0 aliphatic carbocycles. The number of nitrogens with one attached hydrogen (secondary N) is 1. The van der Waals surface area contributed by atoms with E-state index in [4.69, 9.17) is 11.6 Å². The van der Waals surface area contributed by atoms with Gasteiger partial charge in [-0.25, -0.2) is 0 Å². The summed E-state index contributed by atoms with van der Waals surface area (Å²) in [4.78, 5) is 0. The zero-order valence-electron chi connectivity index (χ0n) is 9.40. The highest BCUT2D eigenvalue weighted by molar-refractivity contribution is 7.11. The number of aromatic nitrogens is 1. The van der Waals surface area contributed by atoms with Crippen molar-refractivity contribution in [1.82, 2.24) is 4.37 Å². The molecule has 2 unspecified atom stereocenters. The second-order valence-electron chi connectivity index (χ2n) is 4.09. The SMILES string of the molecule is CC(Cl)CC(C)Nc1snc2ccccc12. The summed E-state index contributed by atoms with van der Waals surface area (Å²) in [6, 6.07) is 8.55. The van der Waals surface area contributed by atoms with Crippen LogP contribution in [0.15, 0.2) is 24.3 Å². The first-order chi connectivity index (χ1) is 7.66. The maximum absolute atomic E-state index is 5.98. The maximum atomic E-state index is 5.98. The Kier molecular flexibility index (Phi) is 3.66. The molecule has 2 aromatic rings. The van der Waals surface area contributed by atoms with Crippen molar-refractivity contribution >= 4 is 39.0 Å². The molecular weight excluding hydrogens is 240 g/mol. The van der Waals surface area contributed by atoms with Crippen molar-refractivity contribution in [1.29, 1.82) is 0 Å². The minimum atomic E-state index is 0.196. The van der Waals surface area contributed by atoms with Crippen molar-refractivity contribution < 1.29 is 0 Å². The summed E-state index contributed by atoms with van der Waals surface area (Å²) in [5.74, 6) is 0.